The summed E-state index contributed by atoms with van der Waals surface area (Å²) >= 11 is 0. The molecule has 1 saturated heterocycles. The monoisotopic (exact) mass is 246 g/mol. The molecule has 0 amide bonds. The van der Waals surface area contributed by atoms with Crippen LogP contribution in [-0.2, 0) is 6.54 Å². The van der Waals surface area contributed by atoms with Gasteiger partial charge in [0.15, 0.2) is 0 Å². The molecule has 98 valence electrons. The van der Waals surface area contributed by atoms with Gasteiger partial charge in [0.1, 0.15) is 12.4 Å². The van der Waals surface area contributed by atoms with Crippen LogP contribution in [0, 0.1) is 5.92 Å². The molecule has 0 aromatic heterocycles. The summed E-state index contributed by atoms with van der Waals surface area (Å²) in [6.45, 7) is 6.47. The van der Waals surface area contributed by atoms with E-state index in [2.05, 4.69) is 34.5 Å². The molecule has 3 heteroatoms. The molecular weight excluding hydrogens is 224 g/mol. The average Bonchev–Trinajstić information content (AvgIpc) is 2.61. The smallest absolute Gasteiger partial charge is 0.123 e. The summed E-state index contributed by atoms with van der Waals surface area (Å²) < 4.78 is 5.81. The number of fused-ring (bicyclic) bond motifs is 1. The zero-order chi connectivity index (χ0) is 12.2. The third kappa shape index (κ3) is 2.85. The van der Waals surface area contributed by atoms with E-state index in [0.717, 1.165) is 31.4 Å². The minimum Gasteiger partial charge on any atom is -0.492 e. The molecule has 1 unspecified atom stereocenters. The van der Waals surface area contributed by atoms with Gasteiger partial charge in [-0.1, -0.05) is 18.2 Å². The zero-order valence-corrected chi connectivity index (χ0v) is 10.9. The Morgan fingerprint density at radius 1 is 1.33 bits per heavy atom. The quantitative estimate of drug-likeness (QED) is 0.862. The first-order valence-electron chi connectivity index (χ1n) is 7.05. The van der Waals surface area contributed by atoms with Crippen molar-refractivity contribution < 1.29 is 4.74 Å². The predicted octanol–water partition coefficient (Wildman–Crippen LogP) is 1.88. The van der Waals surface area contributed by atoms with E-state index in [1.807, 2.05) is 0 Å². The standard InChI is InChI=1S/C15H22N2O/c1-2-6-15-14(5-1)12-17(8-9-18-15)11-13-4-3-7-16-10-13/h1-2,5-6,13,16H,3-4,7-12H2. The van der Waals surface area contributed by atoms with Crippen LogP contribution in [0.25, 0.3) is 0 Å². The van der Waals surface area contributed by atoms with Gasteiger partial charge >= 0.3 is 0 Å². The molecule has 0 spiro atoms. The van der Waals surface area contributed by atoms with E-state index in [-0.39, 0.29) is 0 Å². The van der Waals surface area contributed by atoms with Gasteiger partial charge in [0.2, 0.25) is 0 Å². The summed E-state index contributed by atoms with van der Waals surface area (Å²) in [5, 5.41) is 3.50. The highest BCUT2D eigenvalue weighted by Crippen LogP contribution is 2.23. The van der Waals surface area contributed by atoms with E-state index in [1.54, 1.807) is 0 Å². The van der Waals surface area contributed by atoms with Gasteiger partial charge in [0.25, 0.3) is 0 Å². The largest absolute Gasteiger partial charge is 0.492 e. The summed E-state index contributed by atoms with van der Waals surface area (Å²) in [7, 11) is 0. The maximum atomic E-state index is 5.81. The van der Waals surface area contributed by atoms with Gasteiger partial charge in [-0.25, -0.2) is 0 Å². The summed E-state index contributed by atoms with van der Waals surface area (Å²) in [6.07, 6.45) is 2.69. The van der Waals surface area contributed by atoms with Crippen molar-refractivity contribution in [2.75, 3.05) is 32.8 Å². The van der Waals surface area contributed by atoms with E-state index in [0.29, 0.717) is 0 Å². The molecule has 0 radical (unpaired) electrons. The Kier molecular flexibility index (Phi) is 3.81. The van der Waals surface area contributed by atoms with Crippen molar-refractivity contribution >= 4 is 0 Å². The molecule has 1 fully saturated rings. The Bertz CT molecular complexity index is 388. The fourth-order valence-corrected chi connectivity index (χ4v) is 2.98. The van der Waals surface area contributed by atoms with E-state index >= 15 is 0 Å². The maximum Gasteiger partial charge on any atom is 0.123 e. The molecule has 0 aliphatic carbocycles. The third-order valence-electron chi connectivity index (χ3n) is 3.95. The topological polar surface area (TPSA) is 24.5 Å². The lowest BCUT2D eigenvalue weighted by Crippen LogP contribution is -2.38. The number of hydrogen-bond acceptors (Lipinski definition) is 3. The van der Waals surface area contributed by atoms with Gasteiger partial charge in [-0.2, -0.15) is 0 Å². The van der Waals surface area contributed by atoms with Gasteiger partial charge in [-0.05, 0) is 37.9 Å². The van der Waals surface area contributed by atoms with Gasteiger partial charge < -0.3 is 10.1 Å². The SMILES string of the molecule is c1ccc2c(c1)CN(CC1CCCNC1)CCO2. The van der Waals surface area contributed by atoms with Crippen LogP contribution in [0.5, 0.6) is 5.75 Å². The predicted molar refractivity (Wildman–Crippen MR) is 72.8 cm³/mol. The summed E-state index contributed by atoms with van der Waals surface area (Å²) in [5.41, 5.74) is 1.33. The molecule has 1 aromatic rings. The van der Waals surface area contributed by atoms with E-state index in [9.17, 15) is 0 Å². The van der Waals surface area contributed by atoms with Crippen molar-refractivity contribution in [3.05, 3.63) is 29.8 Å². The van der Waals surface area contributed by atoms with Crippen molar-refractivity contribution in [2.24, 2.45) is 5.92 Å². The molecule has 2 heterocycles. The Morgan fingerprint density at radius 3 is 3.17 bits per heavy atom. The summed E-state index contributed by atoms with van der Waals surface area (Å²) in [6, 6.07) is 8.43. The first-order valence-corrected chi connectivity index (χ1v) is 7.05. The van der Waals surface area contributed by atoms with E-state index in [4.69, 9.17) is 4.74 Å². The van der Waals surface area contributed by atoms with Crippen LogP contribution in [0.4, 0.5) is 0 Å². The van der Waals surface area contributed by atoms with Crippen molar-refractivity contribution in [1.82, 2.24) is 10.2 Å². The molecule has 1 N–H and O–H groups in total. The normalized spacial score (nSPS) is 25.0. The molecule has 1 atom stereocenters. The number of nitrogens with one attached hydrogen (secondary N) is 1. The lowest BCUT2D eigenvalue weighted by molar-refractivity contribution is 0.183. The molecule has 0 bridgehead atoms. The first kappa shape index (κ1) is 12.0. The van der Waals surface area contributed by atoms with Crippen LogP contribution in [0.2, 0.25) is 0 Å². The van der Waals surface area contributed by atoms with E-state index < -0.39 is 0 Å². The van der Waals surface area contributed by atoms with Gasteiger partial charge in [-0.15, -0.1) is 0 Å². The molecule has 3 nitrogen and oxygen atoms in total. The number of hydrogen-bond donors (Lipinski definition) is 1. The Labute approximate surface area is 109 Å². The Morgan fingerprint density at radius 2 is 2.28 bits per heavy atom. The van der Waals surface area contributed by atoms with Crippen LogP contribution in [-0.4, -0.2) is 37.7 Å². The molecule has 3 rings (SSSR count). The molecule has 2 aliphatic heterocycles. The minimum absolute atomic E-state index is 0.809. The highest BCUT2D eigenvalue weighted by Gasteiger charge is 2.20. The van der Waals surface area contributed by atoms with Crippen LogP contribution in [0.3, 0.4) is 0 Å². The van der Waals surface area contributed by atoms with Gasteiger partial charge in [0.05, 0.1) is 0 Å². The van der Waals surface area contributed by atoms with Crippen LogP contribution in [0.1, 0.15) is 18.4 Å². The lowest BCUT2D eigenvalue weighted by atomic mass is 9.99. The zero-order valence-electron chi connectivity index (χ0n) is 10.9. The number of rotatable bonds is 2. The minimum atomic E-state index is 0.809. The highest BCUT2D eigenvalue weighted by molar-refractivity contribution is 5.33. The van der Waals surface area contributed by atoms with Crippen molar-refractivity contribution in [3.8, 4) is 5.75 Å². The number of piperidine rings is 1. The Balaban J connectivity index is 1.63. The average molecular weight is 246 g/mol. The first-order chi connectivity index (χ1) is 8.92. The lowest BCUT2D eigenvalue weighted by Gasteiger charge is -2.28. The third-order valence-corrected chi connectivity index (χ3v) is 3.95. The number of para-hydroxylation sites is 1. The number of benzene rings is 1. The second-order valence-electron chi connectivity index (χ2n) is 5.40. The second kappa shape index (κ2) is 5.72. The van der Waals surface area contributed by atoms with Crippen molar-refractivity contribution in [1.29, 1.82) is 0 Å². The van der Waals surface area contributed by atoms with E-state index in [1.165, 1.54) is 38.0 Å². The van der Waals surface area contributed by atoms with Gasteiger partial charge in [-0.3, -0.25) is 4.90 Å². The molecule has 2 aliphatic rings. The second-order valence-corrected chi connectivity index (χ2v) is 5.40. The Hall–Kier alpha value is -1.06. The van der Waals surface area contributed by atoms with Crippen molar-refractivity contribution in [2.45, 2.75) is 19.4 Å². The fourth-order valence-electron chi connectivity index (χ4n) is 2.98. The molecular formula is C15H22N2O. The summed E-state index contributed by atoms with van der Waals surface area (Å²) in [4.78, 5) is 2.55. The molecule has 0 saturated carbocycles. The molecule has 1 aromatic carbocycles. The van der Waals surface area contributed by atoms with Crippen molar-refractivity contribution in [3.63, 3.8) is 0 Å². The van der Waals surface area contributed by atoms with Crippen LogP contribution >= 0.6 is 0 Å². The number of ether oxygens (including phenoxy) is 1. The number of nitrogens with zero attached hydrogens (tertiary/aromatic N) is 1. The maximum absolute atomic E-state index is 5.81. The highest BCUT2D eigenvalue weighted by atomic mass is 16.5. The fraction of sp³-hybridized carbons (Fsp3) is 0.600. The molecule has 18 heavy (non-hydrogen) atoms. The summed E-state index contributed by atoms with van der Waals surface area (Å²) in [5.74, 6) is 1.88. The van der Waals surface area contributed by atoms with Crippen LogP contribution < -0.4 is 10.1 Å². The van der Waals surface area contributed by atoms with Crippen LogP contribution in [0.15, 0.2) is 24.3 Å². The van der Waals surface area contributed by atoms with Gasteiger partial charge in [0, 0.05) is 25.2 Å².